The molecular formula is C12H15ClO3. The van der Waals surface area contributed by atoms with Gasteiger partial charge in [0.15, 0.2) is 11.5 Å². The van der Waals surface area contributed by atoms with Crippen molar-refractivity contribution >= 4 is 17.9 Å². The van der Waals surface area contributed by atoms with Gasteiger partial charge in [0.05, 0.1) is 12.1 Å². The molecule has 0 amide bonds. The predicted octanol–water partition coefficient (Wildman–Crippen LogP) is 3.06. The zero-order valence-corrected chi connectivity index (χ0v) is 10.3. The lowest BCUT2D eigenvalue weighted by Gasteiger charge is -2.17. The molecule has 16 heavy (non-hydrogen) atoms. The van der Waals surface area contributed by atoms with Crippen LogP contribution in [-0.2, 0) is 4.79 Å². The highest BCUT2D eigenvalue weighted by Crippen LogP contribution is 2.42. The summed E-state index contributed by atoms with van der Waals surface area (Å²) in [6.07, 6.45) is 1.20. The Kier molecular flexibility index (Phi) is 4.19. The average Bonchev–Trinajstić information content (AvgIpc) is 2.17. The molecule has 0 bridgehead atoms. The van der Waals surface area contributed by atoms with Crippen molar-refractivity contribution in [1.82, 2.24) is 0 Å². The van der Waals surface area contributed by atoms with Crippen LogP contribution in [0.1, 0.15) is 30.4 Å². The number of aryl methyl sites for hydroxylation is 1. The molecule has 1 aromatic rings. The minimum absolute atomic E-state index is 0.0295. The number of rotatable bonds is 4. The number of aromatic hydroxyl groups is 1. The van der Waals surface area contributed by atoms with Gasteiger partial charge in [0.2, 0.25) is 0 Å². The van der Waals surface area contributed by atoms with Crippen molar-refractivity contribution in [2.24, 2.45) is 0 Å². The zero-order valence-electron chi connectivity index (χ0n) is 9.58. The molecule has 0 aliphatic rings. The van der Waals surface area contributed by atoms with Crippen molar-refractivity contribution in [3.63, 3.8) is 0 Å². The molecule has 0 fully saturated rings. The number of halogens is 1. The van der Waals surface area contributed by atoms with Crippen LogP contribution in [0.2, 0.25) is 5.02 Å². The lowest BCUT2D eigenvalue weighted by atomic mass is 9.93. The normalized spacial score (nSPS) is 12.2. The third-order valence-electron chi connectivity index (χ3n) is 2.60. The van der Waals surface area contributed by atoms with Gasteiger partial charge in [-0.05, 0) is 24.5 Å². The van der Waals surface area contributed by atoms with Crippen molar-refractivity contribution in [3.05, 3.63) is 22.2 Å². The van der Waals surface area contributed by atoms with E-state index in [4.69, 9.17) is 16.3 Å². The molecule has 1 unspecified atom stereocenters. The number of ether oxygens (including phenoxy) is 1. The first kappa shape index (κ1) is 12.8. The topological polar surface area (TPSA) is 46.5 Å². The SMILES string of the molecule is COc1c(Cl)cc(C)c(C(C)CC=O)c1O. The molecule has 88 valence electrons. The van der Waals surface area contributed by atoms with Crippen molar-refractivity contribution < 1.29 is 14.6 Å². The highest BCUT2D eigenvalue weighted by atomic mass is 35.5. The Bertz CT molecular complexity index is 402. The van der Waals surface area contributed by atoms with E-state index < -0.39 is 0 Å². The second-order valence-electron chi connectivity index (χ2n) is 3.77. The van der Waals surface area contributed by atoms with Crippen molar-refractivity contribution in [3.8, 4) is 11.5 Å². The van der Waals surface area contributed by atoms with E-state index >= 15 is 0 Å². The average molecular weight is 243 g/mol. The quantitative estimate of drug-likeness (QED) is 0.826. The Morgan fingerprint density at radius 1 is 1.62 bits per heavy atom. The van der Waals surface area contributed by atoms with Gasteiger partial charge in [0.1, 0.15) is 6.29 Å². The molecule has 1 aromatic carbocycles. The van der Waals surface area contributed by atoms with Crippen LogP contribution in [0, 0.1) is 6.92 Å². The Hall–Kier alpha value is -1.22. The smallest absolute Gasteiger partial charge is 0.179 e. The Labute approximate surface area is 100.0 Å². The number of carbonyl (C=O) groups excluding carboxylic acids is 1. The number of hydrogen-bond acceptors (Lipinski definition) is 3. The summed E-state index contributed by atoms with van der Waals surface area (Å²) >= 11 is 5.93. The monoisotopic (exact) mass is 242 g/mol. The lowest BCUT2D eigenvalue weighted by Crippen LogP contribution is -2.00. The number of carbonyl (C=O) groups is 1. The van der Waals surface area contributed by atoms with Gasteiger partial charge in [-0.1, -0.05) is 18.5 Å². The number of phenolic OH excluding ortho intramolecular Hbond substituents is 1. The zero-order chi connectivity index (χ0) is 12.3. The lowest BCUT2D eigenvalue weighted by molar-refractivity contribution is -0.108. The highest BCUT2D eigenvalue weighted by molar-refractivity contribution is 6.32. The van der Waals surface area contributed by atoms with E-state index in [1.807, 2.05) is 13.8 Å². The minimum Gasteiger partial charge on any atom is -0.504 e. The summed E-state index contributed by atoms with van der Waals surface area (Å²) in [7, 11) is 1.45. The first-order chi connectivity index (χ1) is 7.52. The van der Waals surface area contributed by atoms with Crippen LogP contribution in [0.3, 0.4) is 0 Å². The third-order valence-corrected chi connectivity index (χ3v) is 2.88. The molecule has 0 spiro atoms. The van der Waals surface area contributed by atoms with Crippen molar-refractivity contribution in [1.29, 1.82) is 0 Å². The van der Waals surface area contributed by atoms with Crippen LogP contribution in [0.5, 0.6) is 11.5 Å². The number of methoxy groups -OCH3 is 1. The van der Waals surface area contributed by atoms with Gasteiger partial charge in [0.25, 0.3) is 0 Å². The van der Waals surface area contributed by atoms with Crippen LogP contribution in [0.4, 0.5) is 0 Å². The summed E-state index contributed by atoms with van der Waals surface area (Å²) in [6, 6.07) is 1.73. The van der Waals surface area contributed by atoms with Gasteiger partial charge < -0.3 is 14.6 Å². The molecule has 0 radical (unpaired) electrons. The highest BCUT2D eigenvalue weighted by Gasteiger charge is 2.19. The minimum atomic E-state index is -0.0522. The van der Waals surface area contributed by atoms with E-state index in [1.165, 1.54) is 7.11 Å². The fourth-order valence-corrected chi connectivity index (χ4v) is 2.16. The summed E-state index contributed by atoms with van der Waals surface area (Å²) in [5.74, 6) is 0.241. The fourth-order valence-electron chi connectivity index (χ4n) is 1.83. The maximum atomic E-state index is 10.5. The van der Waals surface area contributed by atoms with Gasteiger partial charge in [-0.3, -0.25) is 0 Å². The Balaban J connectivity index is 3.32. The molecule has 1 atom stereocenters. The molecule has 1 N–H and O–H groups in total. The second-order valence-corrected chi connectivity index (χ2v) is 4.18. The largest absolute Gasteiger partial charge is 0.504 e. The van der Waals surface area contributed by atoms with Gasteiger partial charge >= 0.3 is 0 Å². The van der Waals surface area contributed by atoms with E-state index in [0.717, 1.165) is 11.8 Å². The second kappa shape index (κ2) is 5.21. The molecule has 0 aromatic heterocycles. The van der Waals surface area contributed by atoms with Crippen LogP contribution >= 0.6 is 11.6 Å². The first-order valence-electron chi connectivity index (χ1n) is 5.02. The molecule has 0 saturated heterocycles. The summed E-state index contributed by atoms with van der Waals surface area (Å²) < 4.78 is 5.03. The van der Waals surface area contributed by atoms with Crippen LogP contribution in [0.25, 0.3) is 0 Å². The van der Waals surface area contributed by atoms with E-state index in [2.05, 4.69) is 0 Å². The Morgan fingerprint density at radius 3 is 2.75 bits per heavy atom. The molecule has 0 saturated carbocycles. The Morgan fingerprint density at radius 2 is 2.25 bits per heavy atom. The summed E-state index contributed by atoms with van der Waals surface area (Å²) in [4.78, 5) is 10.5. The number of hydrogen-bond donors (Lipinski definition) is 1. The summed E-state index contributed by atoms with van der Waals surface area (Å²) in [6.45, 7) is 3.73. The van der Waals surface area contributed by atoms with Gasteiger partial charge in [-0.15, -0.1) is 0 Å². The fraction of sp³-hybridized carbons (Fsp3) is 0.417. The number of benzene rings is 1. The molecule has 0 aliphatic heterocycles. The maximum Gasteiger partial charge on any atom is 0.179 e. The summed E-state index contributed by atoms with van der Waals surface area (Å²) in [5.41, 5.74) is 1.58. The van der Waals surface area contributed by atoms with Crippen LogP contribution in [0.15, 0.2) is 6.07 Å². The summed E-state index contributed by atoms with van der Waals surface area (Å²) in [5, 5.41) is 10.4. The number of phenols is 1. The maximum absolute atomic E-state index is 10.5. The molecule has 4 heteroatoms. The molecule has 3 nitrogen and oxygen atoms in total. The standard InChI is InChI=1S/C12H15ClO3/c1-7(4-5-14)10-8(2)6-9(13)12(16-3)11(10)15/h5-7,15H,4H2,1-3H3. The number of aldehydes is 1. The van der Waals surface area contributed by atoms with E-state index in [9.17, 15) is 9.90 Å². The molecular weight excluding hydrogens is 228 g/mol. The van der Waals surface area contributed by atoms with Gasteiger partial charge in [-0.25, -0.2) is 0 Å². The van der Waals surface area contributed by atoms with Gasteiger partial charge in [-0.2, -0.15) is 0 Å². The van der Waals surface area contributed by atoms with Crippen molar-refractivity contribution in [2.75, 3.05) is 7.11 Å². The van der Waals surface area contributed by atoms with Gasteiger partial charge in [0, 0.05) is 12.0 Å². The first-order valence-corrected chi connectivity index (χ1v) is 5.40. The molecule has 0 aliphatic carbocycles. The molecule has 1 rings (SSSR count). The van der Waals surface area contributed by atoms with Crippen molar-refractivity contribution in [2.45, 2.75) is 26.2 Å². The van der Waals surface area contributed by atoms with Crippen LogP contribution < -0.4 is 4.74 Å². The molecule has 0 heterocycles. The van der Waals surface area contributed by atoms with E-state index in [0.29, 0.717) is 17.0 Å². The van der Waals surface area contributed by atoms with Crippen LogP contribution in [-0.4, -0.2) is 18.5 Å². The van der Waals surface area contributed by atoms with E-state index in [1.54, 1.807) is 6.07 Å². The van der Waals surface area contributed by atoms with E-state index in [-0.39, 0.29) is 17.4 Å². The predicted molar refractivity (Wildman–Crippen MR) is 63.5 cm³/mol. The third kappa shape index (κ3) is 2.30.